The van der Waals surface area contributed by atoms with E-state index in [1.165, 1.54) is 25.5 Å². The topological polar surface area (TPSA) is 29.1 Å². The number of piperidine rings is 1. The number of rotatable bonds is 3. The molecule has 2 rings (SSSR count). The smallest absolute Gasteiger partial charge is 0.123 e. The molecule has 4 unspecified atom stereocenters. The van der Waals surface area contributed by atoms with Gasteiger partial charge < -0.3 is 10.1 Å². The van der Waals surface area contributed by atoms with Crippen molar-refractivity contribution < 1.29 is 4.79 Å². The third-order valence-corrected chi connectivity index (χ3v) is 4.33. The highest BCUT2D eigenvalue weighted by Gasteiger charge is 2.52. The Morgan fingerprint density at radius 1 is 1.44 bits per heavy atom. The van der Waals surface area contributed by atoms with E-state index in [2.05, 4.69) is 19.2 Å². The van der Waals surface area contributed by atoms with Crippen LogP contribution in [0, 0.1) is 17.3 Å². The summed E-state index contributed by atoms with van der Waals surface area (Å²) in [6.45, 7) is 9.69. The quantitative estimate of drug-likeness (QED) is 0.748. The van der Waals surface area contributed by atoms with E-state index in [-0.39, 0.29) is 0 Å². The minimum Gasteiger partial charge on any atom is -0.314 e. The van der Waals surface area contributed by atoms with Crippen molar-refractivity contribution in [3.05, 3.63) is 0 Å². The monoisotopic (exact) mass is 225 g/mol. The molecular formula is C14H27NO. The molecule has 2 aliphatic rings. The number of hydrogen-bond acceptors (Lipinski definition) is 2. The Labute approximate surface area is 100 Å². The maximum atomic E-state index is 10.7. The van der Waals surface area contributed by atoms with Crippen molar-refractivity contribution >= 4 is 6.29 Å². The van der Waals surface area contributed by atoms with Crippen molar-refractivity contribution in [1.29, 1.82) is 0 Å². The van der Waals surface area contributed by atoms with Crippen LogP contribution in [0.3, 0.4) is 0 Å². The van der Waals surface area contributed by atoms with Crippen LogP contribution < -0.4 is 5.32 Å². The second-order valence-electron chi connectivity index (χ2n) is 5.17. The van der Waals surface area contributed by atoms with Crippen molar-refractivity contribution in [2.24, 2.45) is 17.3 Å². The Kier molecular flexibility index (Phi) is 4.97. The molecule has 0 aromatic carbocycles. The molecule has 2 nitrogen and oxygen atoms in total. The van der Waals surface area contributed by atoms with Crippen LogP contribution >= 0.6 is 0 Å². The van der Waals surface area contributed by atoms with Crippen molar-refractivity contribution in [2.45, 2.75) is 59.4 Å². The second kappa shape index (κ2) is 5.81. The van der Waals surface area contributed by atoms with Gasteiger partial charge in [0.2, 0.25) is 0 Å². The van der Waals surface area contributed by atoms with Crippen molar-refractivity contribution in [3.63, 3.8) is 0 Å². The fourth-order valence-electron chi connectivity index (χ4n) is 3.34. The average Bonchev–Trinajstić information content (AvgIpc) is 3.11. The van der Waals surface area contributed by atoms with E-state index in [4.69, 9.17) is 0 Å². The molecular weight excluding hydrogens is 198 g/mol. The highest BCUT2D eigenvalue weighted by molar-refractivity contribution is 5.58. The Morgan fingerprint density at radius 2 is 2.12 bits per heavy atom. The zero-order valence-electron chi connectivity index (χ0n) is 11.3. The van der Waals surface area contributed by atoms with Gasteiger partial charge in [0, 0.05) is 12.0 Å². The van der Waals surface area contributed by atoms with Gasteiger partial charge in [-0.05, 0) is 44.1 Å². The van der Waals surface area contributed by atoms with E-state index < -0.39 is 0 Å². The van der Waals surface area contributed by atoms with Gasteiger partial charge >= 0.3 is 0 Å². The molecule has 0 radical (unpaired) electrons. The third-order valence-electron chi connectivity index (χ3n) is 4.33. The minimum atomic E-state index is 0.389. The van der Waals surface area contributed by atoms with Gasteiger partial charge in [0.05, 0.1) is 0 Å². The van der Waals surface area contributed by atoms with Crippen LogP contribution in [-0.4, -0.2) is 18.9 Å². The fraction of sp³-hybridized carbons (Fsp3) is 0.929. The van der Waals surface area contributed by atoms with Crippen LogP contribution in [0.25, 0.3) is 0 Å². The molecule has 0 bridgehead atoms. The van der Waals surface area contributed by atoms with Gasteiger partial charge in [0.1, 0.15) is 6.29 Å². The first kappa shape index (κ1) is 13.7. The number of carbonyl (C=O) groups is 1. The van der Waals surface area contributed by atoms with Gasteiger partial charge in [-0.15, -0.1) is 0 Å². The van der Waals surface area contributed by atoms with Gasteiger partial charge in [-0.3, -0.25) is 0 Å². The normalized spacial score (nSPS) is 41.9. The molecule has 4 atom stereocenters. The molecule has 1 heterocycles. The number of nitrogens with one attached hydrogen (secondary N) is 1. The molecule has 94 valence electrons. The van der Waals surface area contributed by atoms with Crippen molar-refractivity contribution in [2.75, 3.05) is 6.54 Å². The molecule has 1 N–H and O–H groups in total. The molecule has 0 spiro atoms. The molecule has 0 aromatic heterocycles. The average molecular weight is 225 g/mol. The molecule has 16 heavy (non-hydrogen) atoms. The van der Waals surface area contributed by atoms with Gasteiger partial charge in [0.15, 0.2) is 0 Å². The molecule has 1 aliphatic carbocycles. The first-order chi connectivity index (χ1) is 7.72. The SMILES string of the molecule is CC.CCC1(C2CC2C=O)CCNC(C)C1. The maximum Gasteiger partial charge on any atom is 0.123 e. The Balaban J connectivity index is 0.000000606. The zero-order chi connectivity index (χ0) is 12.2. The summed E-state index contributed by atoms with van der Waals surface area (Å²) >= 11 is 0. The first-order valence-electron chi connectivity index (χ1n) is 6.90. The van der Waals surface area contributed by atoms with Crippen LogP contribution in [0.2, 0.25) is 0 Å². The molecule has 1 saturated carbocycles. The minimum absolute atomic E-state index is 0.389. The van der Waals surface area contributed by atoms with Crippen LogP contribution in [0.1, 0.15) is 53.4 Å². The summed E-state index contributed by atoms with van der Waals surface area (Å²) in [7, 11) is 0. The summed E-state index contributed by atoms with van der Waals surface area (Å²) in [5.74, 6) is 1.09. The highest BCUT2D eigenvalue weighted by atomic mass is 16.1. The Bertz CT molecular complexity index is 229. The van der Waals surface area contributed by atoms with Crippen LogP contribution in [0.5, 0.6) is 0 Å². The lowest BCUT2D eigenvalue weighted by Crippen LogP contribution is -2.43. The van der Waals surface area contributed by atoms with E-state index >= 15 is 0 Å². The summed E-state index contributed by atoms with van der Waals surface area (Å²) in [6.07, 6.45) is 6.11. The Morgan fingerprint density at radius 3 is 2.56 bits per heavy atom. The lowest BCUT2D eigenvalue weighted by Gasteiger charge is -2.40. The van der Waals surface area contributed by atoms with Gasteiger partial charge in [-0.1, -0.05) is 27.2 Å². The first-order valence-corrected chi connectivity index (χ1v) is 6.90. The lowest BCUT2D eigenvalue weighted by molar-refractivity contribution is -0.109. The van der Waals surface area contributed by atoms with E-state index in [0.29, 0.717) is 23.3 Å². The second-order valence-corrected chi connectivity index (χ2v) is 5.17. The summed E-state index contributed by atoms with van der Waals surface area (Å²) in [5, 5.41) is 3.50. The van der Waals surface area contributed by atoms with Gasteiger partial charge in [0.25, 0.3) is 0 Å². The van der Waals surface area contributed by atoms with Crippen molar-refractivity contribution in [1.82, 2.24) is 5.32 Å². The predicted molar refractivity (Wildman–Crippen MR) is 68.4 cm³/mol. The summed E-state index contributed by atoms with van der Waals surface area (Å²) in [5.41, 5.74) is 0.482. The summed E-state index contributed by atoms with van der Waals surface area (Å²) in [6, 6.07) is 0.636. The Hall–Kier alpha value is -0.370. The molecule has 0 amide bonds. The van der Waals surface area contributed by atoms with Crippen LogP contribution in [-0.2, 0) is 4.79 Å². The van der Waals surface area contributed by atoms with Gasteiger partial charge in [-0.2, -0.15) is 0 Å². The molecule has 1 aliphatic heterocycles. The van der Waals surface area contributed by atoms with E-state index in [1.807, 2.05) is 13.8 Å². The molecule has 2 heteroatoms. The van der Waals surface area contributed by atoms with E-state index in [9.17, 15) is 4.79 Å². The number of carbonyl (C=O) groups excluding carboxylic acids is 1. The van der Waals surface area contributed by atoms with E-state index in [1.54, 1.807) is 0 Å². The van der Waals surface area contributed by atoms with Crippen LogP contribution in [0.15, 0.2) is 0 Å². The number of hydrogen-bond donors (Lipinski definition) is 1. The largest absolute Gasteiger partial charge is 0.314 e. The summed E-state index contributed by atoms with van der Waals surface area (Å²) < 4.78 is 0. The van der Waals surface area contributed by atoms with E-state index in [0.717, 1.165) is 13.0 Å². The molecule has 0 aromatic rings. The maximum absolute atomic E-state index is 10.7. The number of aldehydes is 1. The fourth-order valence-corrected chi connectivity index (χ4v) is 3.34. The molecule has 2 fully saturated rings. The lowest BCUT2D eigenvalue weighted by atomic mass is 9.70. The standard InChI is InChI=1S/C12H21NO.C2H6/c1-3-12(11-6-10(11)8-14)4-5-13-9(2)7-12;1-2/h8-11,13H,3-7H2,1-2H3;1-2H3. The zero-order valence-corrected chi connectivity index (χ0v) is 11.3. The van der Waals surface area contributed by atoms with Crippen molar-refractivity contribution in [3.8, 4) is 0 Å². The highest BCUT2D eigenvalue weighted by Crippen LogP contribution is 2.56. The predicted octanol–water partition coefficient (Wildman–Crippen LogP) is 3.02. The molecule has 1 saturated heterocycles. The third kappa shape index (κ3) is 2.65. The van der Waals surface area contributed by atoms with Gasteiger partial charge in [-0.25, -0.2) is 0 Å². The summed E-state index contributed by atoms with van der Waals surface area (Å²) in [4.78, 5) is 10.7. The van der Waals surface area contributed by atoms with Crippen LogP contribution in [0.4, 0.5) is 0 Å².